The lowest BCUT2D eigenvalue weighted by Crippen LogP contribution is -2.37. The van der Waals surface area contributed by atoms with E-state index in [0.29, 0.717) is 16.8 Å². The van der Waals surface area contributed by atoms with E-state index in [9.17, 15) is 18.4 Å². The van der Waals surface area contributed by atoms with Gasteiger partial charge >= 0.3 is 0 Å². The van der Waals surface area contributed by atoms with Gasteiger partial charge in [-0.1, -0.05) is 0 Å². The molecule has 0 fully saturated rings. The van der Waals surface area contributed by atoms with E-state index >= 15 is 0 Å². The predicted molar refractivity (Wildman–Crippen MR) is 109 cm³/mol. The fourth-order valence-electron chi connectivity index (χ4n) is 3.88. The van der Waals surface area contributed by atoms with Crippen molar-refractivity contribution in [1.82, 2.24) is 14.9 Å². The van der Waals surface area contributed by atoms with Crippen molar-refractivity contribution in [3.63, 3.8) is 0 Å². The van der Waals surface area contributed by atoms with Gasteiger partial charge in [0.1, 0.15) is 0 Å². The number of nitrogens with one attached hydrogen (secondary N) is 1. The molecule has 9 heteroatoms. The molecule has 2 aromatic carbocycles. The molecule has 3 heterocycles. The molecule has 2 aromatic heterocycles. The van der Waals surface area contributed by atoms with Crippen LogP contribution in [0, 0.1) is 11.6 Å². The molecule has 5 rings (SSSR count). The van der Waals surface area contributed by atoms with Gasteiger partial charge in [0.2, 0.25) is 0 Å². The van der Waals surface area contributed by atoms with Crippen molar-refractivity contribution in [1.29, 1.82) is 0 Å². The summed E-state index contributed by atoms with van der Waals surface area (Å²) in [5.41, 5.74) is 3.37. The molecule has 152 valence electrons. The van der Waals surface area contributed by atoms with Crippen molar-refractivity contribution in [3.8, 4) is 0 Å². The van der Waals surface area contributed by atoms with Gasteiger partial charge in [-0.25, -0.2) is 13.8 Å². The van der Waals surface area contributed by atoms with Crippen molar-refractivity contribution in [2.24, 2.45) is 0 Å². The van der Waals surface area contributed by atoms with Crippen LogP contribution in [0.1, 0.15) is 27.7 Å². The molecule has 1 N–H and O–H groups in total. The Morgan fingerprint density at radius 3 is 2.80 bits per heavy atom. The lowest BCUT2D eigenvalue weighted by molar-refractivity contribution is 0.0336. The monoisotopic (exact) mass is 427 g/mol. The Morgan fingerprint density at radius 2 is 2.00 bits per heavy atom. The molecular weight excluding hydrogens is 412 g/mol. The van der Waals surface area contributed by atoms with Crippen molar-refractivity contribution in [2.45, 2.75) is 12.6 Å². The lowest BCUT2D eigenvalue weighted by Gasteiger charge is -2.34. The number of aromatic amines is 1. The largest absolute Gasteiger partial charge is 0.373 e. The molecule has 0 unspecified atom stereocenters. The molecule has 0 spiro atoms. The third-order valence-electron chi connectivity index (χ3n) is 5.41. The fourth-order valence-corrected chi connectivity index (χ4v) is 4.54. The van der Waals surface area contributed by atoms with Gasteiger partial charge in [-0.2, -0.15) is 0 Å². The Labute approximate surface area is 172 Å². The molecule has 0 aliphatic carbocycles. The molecule has 0 saturated heterocycles. The number of likely N-dealkylation sites (N-methyl/N-ethyl adjacent to an activating group) is 1. The molecule has 4 aromatic rings. The highest BCUT2D eigenvalue weighted by Crippen LogP contribution is 2.34. The smallest absolute Gasteiger partial charge is 0.256 e. The summed E-state index contributed by atoms with van der Waals surface area (Å²) in [4.78, 5) is 34.0. The fraction of sp³-hybridized carbons (Fsp3) is 0.190. The summed E-state index contributed by atoms with van der Waals surface area (Å²) in [6.07, 6.45) is 0. The van der Waals surface area contributed by atoms with Gasteiger partial charge in [-0.15, -0.1) is 11.3 Å². The van der Waals surface area contributed by atoms with Gasteiger partial charge < -0.3 is 14.6 Å². The van der Waals surface area contributed by atoms with Crippen LogP contribution in [0.5, 0.6) is 0 Å². The van der Waals surface area contributed by atoms with Crippen LogP contribution in [-0.2, 0) is 11.3 Å². The summed E-state index contributed by atoms with van der Waals surface area (Å²) in [5.74, 6) is -2.42. The highest BCUT2D eigenvalue weighted by atomic mass is 32.1. The minimum Gasteiger partial charge on any atom is -0.373 e. The molecule has 0 bridgehead atoms. The molecule has 0 radical (unpaired) electrons. The highest BCUT2D eigenvalue weighted by Gasteiger charge is 2.31. The van der Waals surface area contributed by atoms with Crippen LogP contribution in [0.25, 0.3) is 21.0 Å². The summed E-state index contributed by atoms with van der Waals surface area (Å²) < 4.78 is 34.3. The number of thiazole rings is 1. The van der Waals surface area contributed by atoms with Crippen LogP contribution in [0.2, 0.25) is 0 Å². The number of hydrogen-bond donors (Lipinski definition) is 1. The summed E-state index contributed by atoms with van der Waals surface area (Å²) in [6.45, 7) is 0.275. The Hall–Kier alpha value is -3.17. The van der Waals surface area contributed by atoms with Crippen LogP contribution >= 0.6 is 11.3 Å². The van der Waals surface area contributed by atoms with E-state index in [0.717, 1.165) is 22.3 Å². The lowest BCUT2D eigenvalue weighted by atomic mass is 9.95. The SMILES string of the molecule is CN(C(=O)c1ccc2scnc2c1)[C@@H]1COCc2[nH]c(=O)c3cc(F)c(F)cc3c21. The quantitative estimate of drug-likeness (QED) is 0.529. The second kappa shape index (κ2) is 6.96. The maximum absolute atomic E-state index is 14.0. The number of nitrogens with zero attached hydrogens (tertiary/aromatic N) is 2. The molecule has 1 atom stereocenters. The summed E-state index contributed by atoms with van der Waals surface area (Å²) in [6, 6.07) is 6.59. The zero-order valence-corrected chi connectivity index (χ0v) is 16.6. The zero-order chi connectivity index (χ0) is 21.0. The normalized spacial score (nSPS) is 16.0. The number of benzene rings is 2. The van der Waals surface area contributed by atoms with Gasteiger partial charge in [-0.3, -0.25) is 9.59 Å². The van der Waals surface area contributed by atoms with Gasteiger partial charge in [0.25, 0.3) is 11.5 Å². The first-order chi connectivity index (χ1) is 14.4. The number of amides is 1. The van der Waals surface area contributed by atoms with Crippen LogP contribution in [0.4, 0.5) is 8.78 Å². The average Bonchev–Trinajstić information content (AvgIpc) is 3.21. The summed E-state index contributed by atoms with van der Waals surface area (Å²) >= 11 is 1.48. The van der Waals surface area contributed by atoms with Crippen LogP contribution in [0.15, 0.2) is 40.6 Å². The Morgan fingerprint density at radius 1 is 1.23 bits per heavy atom. The van der Waals surface area contributed by atoms with E-state index in [1.165, 1.54) is 16.2 Å². The zero-order valence-electron chi connectivity index (χ0n) is 15.7. The maximum atomic E-state index is 14.0. The van der Waals surface area contributed by atoms with Gasteiger partial charge in [-0.05, 0) is 35.7 Å². The first-order valence-electron chi connectivity index (χ1n) is 9.16. The minimum absolute atomic E-state index is 0.0318. The molecule has 30 heavy (non-hydrogen) atoms. The van der Waals surface area contributed by atoms with E-state index in [1.807, 2.05) is 6.07 Å². The number of halogens is 2. The second-order valence-electron chi connectivity index (χ2n) is 7.14. The minimum atomic E-state index is -1.10. The van der Waals surface area contributed by atoms with E-state index in [4.69, 9.17) is 4.74 Å². The van der Waals surface area contributed by atoms with Crippen LogP contribution in [0.3, 0.4) is 0 Å². The third kappa shape index (κ3) is 2.89. The number of carbonyl (C=O) groups is 1. The number of fused-ring (bicyclic) bond motifs is 4. The topological polar surface area (TPSA) is 75.3 Å². The number of ether oxygens (including phenoxy) is 1. The Kier molecular flexibility index (Phi) is 4.37. The number of aromatic nitrogens is 2. The standard InChI is InChI=1S/C21H15F2N3O3S/c1-26(21(28)10-2-3-18-15(4-10)24-9-30-18)17-8-29-7-16-19(17)11-5-13(22)14(23)6-12(11)20(27)25-16/h2-6,9,17H,7-8H2,1H3,(H,25,27)/t17-/m1/s1. The van der Waals surface area contributed by atoms with Crippen molar-refractivity contribution in [3.05, 3.63) is 74.7 Å². The highest BCUT2D eigenvalue weighted by molar-refractivity contribution is 7.16. The van der Waals surface area contributed by atoms with Crippen molar-refractivity contribution < 1.29 is 18.3 Å². The molecule has 1 aliphatic rings. The van der Waals surface area contributed by atoms with Crippen molar-refractivity contribution >= 4 is 38.2 Å². The van der Waals surface area contributed by atoms with Crippen molar-refractivity contribution in [2.75, 3.05) is 13.7 Å². The van der Waals surface area contributed by atoms with E-state index in [-0.39, 0.29) is 29.9 Å². The van der Waals surface area contributed by atoms with E-state index < -0.39 is 23.2 Å². The van der Waals surface area contributed by atoms with Crippen LogP contribution < -0.4 is 5.56 Å². The predicted octanol–water partition coefficient (Wildman–Crippen LogP) is 3.76. The maximum Gasteiger partial charge on any atom is 0.256 e. The number of hydrogen-bond acceptors (Lipinski definition) is 5. The molecule has 6 nitrogen and oxygen atoms in total. The molecule has 1 amide bonds. The van der Waals surface area contributed by atoms with E-state index in [1.54, 1.807) is 24.7 Å². The summed E-state index contributed by atoms with van der Waals surface area (Å²) in [5, 5.41) is 0.305. The Balaban J connectivity index is 1.62. The van der Waals surface area contributed by atoms with Gasteiger partial charge in [0.05, 0.1) is 40.4 Å². The number of H-pyrrole nitrogens is 1. The van der Waals surface area contributed by atoms with E-state index in [2.05, 4.69) is 9.97 Å². The van der Waals surface area contributed by atoms with Crippen LogP contribution in [-0.4, -0.2) is 34.4 Å². The second-order valence-corrected chi connectivity index (χ2v) is 8.03. The first-order valence-corrected chi connectivity index (χ1v) is 10.0. The van der Waals surface area contributed by atoms with Gasteiger partial charge in [0.15, 0.2) is 11.6 Å². The Bertz CT molecular complexity index is 1380. The number of pyridine rings is 1. The number of rotatable bonds is 2. The van der Waals surface area contributed by atoms with Gasteiger partial charge in [0, 0.05) is 23.9 Å². The third-order valence-corrected chi connectivity index (χ3v) is 6.22. The summed E-state index contributed by atoms with van der Waals surface area (Å²) in [7, 11) is 1.62. The molecule has 0 saturated carbocycles. The molecule has 1 aliphatic heterocycles. The number of carbonyl (C=O) groups excluding carboxylic acids is 1. The average molecular weight is 427 g/mol. The molecular formula is C21H15F2N3O3S. The first kappa shape index (κ1) is 18.8.